The molecule has 0 bridgehead atoms. The Morgan fingerprint density at radius 3 is 2.61 bits per heavy atom. The van der Waals surface area contributed by atoms with Crippen molar-refractivity contribution in [2.45, 2.75) is 40.5 Å². The van der Waals surface area contributed by atoms with Crippen LogP contribution in [0.2, 0.25) is 0 Å². The van der Waals surface area contributed by atoms with Crippen LogP contribution in [0.5, 0.6) is 0 Å². The van der Waals surface area contributed by atoms with Gasteiger partial charge in [-0.05, 0) is 26.7 Å². The molecule has 126 valence electrons. The standard InChI is InChI=1S/C16H23N3O3S/c1-5-16(6-2,9-20)8-18-13(21)12-7-17-15-19(14(12)22)10(3)11(4)23-15/h7,20H,5-6,8-9H2,1-4H3,(H,18,21). The van der Waals surface area contributed by atoms with Crippen LogP contribution >= 0.6 is 11.3 Å². The SMILES string of the molecule is CCC(CC)(CO)CNC(=O)c1cnc2sc(C)c(C)n2c1=O. The fourth-order valence-electron chi connectivity index (χ4n) is 2.47. The van der Waals surface area contributed by atoms with Crippen LogP contribution in [0, 0.1) is 19.3 Å². The molecule has 23 heavy (non-hydrogen) atoms. The molecule has 7 heteroatoms. The third-order valence-electron chi connectivity index (χ3n) is 4.72. The Kier molecular flexibility index (Phi) is 5.21. The Hall–Kier alpha value is -1.73. The Bertz CT molecular complexity index is 766. The minimum atomic E-state index is -0.445. The maximum absolute atomic E-state index is 12.6. The van der Waals surface area contributed by atoms with E-state index >= 15 is 0 Å². The number of nitrogens with zero attached hydrogens (tertiary/aromatic N) is 2. The van der Waals surface area contributed by atoms with E-state index in [9.17, 15) is 14.7 Å². The average Bonchev–Trinajstić information content (AvgIpc) is 2.85. The third kappa shape index (κ3) is 3.16. The van der Waals surface area contributed by atoms with E-state index in [1.54, 1.807) is 0 Å². The van der Waals surface area contributed by atoms with Gasteiger partial charge in [0.15, 0.2) is 4.96 Å². The first-order valence-corrected chi connectivity index (χ1v) is 8.57. The molecule has 6 nitrogen and oxygen atoms in total. The molecular formula is C16H23N3O3S. The van der Waals surface area contributed by atoms with Gasteiger partial charge in [-0.2, -0.15) is 0 Å². The molecule has 0 aliphatic carbocycles. The fraction of sp³-hybridized carbons (Fsp3) is 0.562. The predicted octanol–water partition coefficient (Wildman–Crippen LogP) is 1.90. The number of hydrogen-bond donors (Lipinski definition) is 2. The highest BCUT2D eigenvalue weighted by molar-refractivity contribution is 7.17. The van der Waals surface area contributed by atoms with Crippen molar-refractivity contribution >= 4 is 22.2 Å². The number of aromatic nitrogens is 2. The van der Waals surface area contributed by atoms with Gasteiger partial charge in [0.25, 0.3) is 11.5 Å². The zero-order chi connectivity index (χ0) is 17.2. The first kappa shape index (κ1) is 17.6. The van der Waals surface area contributed by atoms with E-state index in [0.717, 1.165) is 23.4 Å². The zero-order valence-electron chi connectivity index (χ0n) is 14.0. The van der Waals surface area contributed by atoms with E-state index < -0.39 is 5.91 Å². The second-order valence-corrected chi connectivity index (χ2v) is 7.07. The second kappa shape index (κ2) is 6.80. The van der Waals surface area contributed by atoms with Crippen molar-refractivity contribution in [3.8, 4) is 0 Å². The van der Waals surface area contributed by atoms with Crippen LogP contribution in [-0.2, 0) is 0 Å². The number of thiazole rings is 1. The molecule has 2 aromatic heterocycles. The molecule has 0 radical (unpaired) electrons. The smallest absolute Gasteiger partial charge is 0.271 e. The number of aliphatic hydroxyl groups is 1. The van der Waals surface area contributed by atoms with Crippen molar-refractivity contribution in [3.63, 3.8) is 0 Å². The van der Waals surface area contributed by atoms with Gasteiger partial charge in [0.1, 0.15) is 5.56 Å². The summed E-state index contributed by atoms with van der Waals surface area (Å²) in [7, 11) is 0. The van der Waals surface area contributed by atoms with Crippen LogP contribution in [0.25, 0.3) is 4.96 Å². The lowest BCUT2D eigenvalue weighted by Gasteiger charge is -2.29. The van der Waals surface area contributed by atoms with Crippen LogP contribution in [0.15, 0.2) is 11.0 Å². The van der Waals surface area contributed by atoms with Crippen LogP contribution in [0.3, 0.4) is 0 Å². The molecule has 0 saturated carbocycles. The van der Waals surface area contributed by atoms with Gasteiger partial charge < -0.3 is 10.4 Å². The maximum atomic E-state index is 12.6. The summed E-state index contributed by atoms with van der Waals surface area (Å²) in [4.78, 5) is 30.8. The molecule has 2 rings (SSSR count). The first-order chi connectivity index (χ1) is 10.9. The Morgan fingerprint density at radius 2 is 2.04 bits per heavy atom. The Labute approximate surface area is 139 Å². The average molecular weight is 337 g/mol. The molecule has 0 aromatic carbocycles. The van der Waals surface area contributed by atoms with Crippen LogP contribution < -0.4 is 10.9 Å². The van der Waals surface area contributed by atoms with E-state index in [1.807, 2.05) is 27.7 Å². The number of carbonyl (C=O) groups excluding carboxylic acids is 1. The number of hydrogen-bond acceptors (Lipinski definition) is 5. The molecular weight excluding hydrogens is 314 g/mol. The highest BCUT2D eigenvalue weighted by Crippen LogP contribution is 2.24. The summed E-state index contributed by atoms with van der Waals surface area (Å²) in [5.74, 6) is -0.445. The van der Waals surface area contributed by atoms with Crippen molar-refractivity contribution in [1.82, 2.24) is 14.7 Å². The number of fused-ring (bicyclic) bond motifs is 1. The minimum Gasteiger partial charge on any atom is -0.396 e. The number of amides is 1. The predicted molar refractivity (Wildman–Crippen MR) is 91.2 cm³/mol. The van der Waals surface area contributed by atoms with Gasteiger partial charge in [-0.25, -0.2) is 4.98 Å². The summed E-state index contributed by atoms with van der Waals surface area (Å²) in [5.41, 5.74) is 0.140. The second-order valence-electron chi connectivity index (χ2n) is 5.89. The molecule has 0 aliphatic rings. The number of carbonyl (C=O) groups is 1. The molecule has 0 spiro atoms. The van der Waals surface area contributed by atoms with Gasteiger partial charge in [-0.1, -0.05) is 13.8 Å². The largest absolute Gasteiger partial charge is 0.396 e. The van der Waals surface area contributed by atoms with E-state index in [1.165, 1.54) is 21.9 Å². The zero-order valence-corrected chi connectivity index (χ0v) is 14.8. The number of aryl methyl sites for hydroxylation is 2. The van der Waals surface area contributed by atoms with Crippen molar-refractivity contribution in [2.75, 3.05) is 13.2 Å². The molecule has 0 saturated heterocycles. The van der Waals surface area contributed by atoms with Crippen LogP contribution in [0.4, 0.5) is 0 Å². The summed E-state index contributed by atoms with van der Waals surface area (Å²) in [6, 6.07) is 0. The first-order valence-electron chi connectivity index (χ1n) is 7.76. The molecule has 0 aliphatic heterocycles. The molecule has 0 unspecified atom stereocenters. The van der Waals surface area contributed by atoms with Crippen molar-refractivity contribution in [2.24, 2.45) is 5.41 Å². The van der Waals surface area contributed by atoms with Crippen molar-refractivity contribution in [1.29, 1.82) is 0 Å². The van der Waals surface area contributed by atoms with E-state index in [2.05, 4.69) is 10.3 Å². The molecule has 0 atom stereocenters. The van der Waals surface area contributed by atoms with E-state index in [-0.39, 0.29) is 23.1 Å². The molecule has 2 N–H and O–H groups in total. The number of aliphatic hydroxyl groups excluding tert-OH is 1. The molecule has 2 heterocycles. The summed E-state index contributed by atoms with van der Waals surface area (Å²) in [6.45, 7) is 8.05. The normalized spacial score (nSPS) is 11.9. The lowest BCUT2D eigenvalue weighted by Crippen LogP contribution is -2.41. The lowest BCUT2D eigenvalue weighted by atomic mass is 9.83. The third-order valence-corrected chi connectivity index (χ3v) is 5.79. The lowest BCUT2D eigenvalue weighted by molar-refractivity contribution is 0.0849. The summed E-state index contributed by atoms with van der Waals surface area (Å²) in [6.07, 6.45) is 2.83. The van der Waals surface area contributed by atoms with Gasteiger partial charge in [0.2, 0.25) is 0 Å². The van der Waals surface area contributed by atoms with Gasteiger partial charge in [0.05, 0.1) is 6.61 Å². The van der Waals surface area contributed by atoms with Crippen LogP contribution in [0.1, 0.15) is 47.6 Å². The highest BCUT2D eigenvalue weighted by Gasteiger charge is 2.26. The Morgan fingerprint density at radius 1 is 1.39 bits per heavy atom. The van der Waals surface area contributed by atoms with Crippen molar-refractivity contribution in [3.05, 3.63) is 32.7 Å². The molecule has 0 fully saturated rings. The summed E-state index contributed by atoms with van der Waals surface area (Å²) < 4.78 is 1.48. The quantitative estimate of drug-likeness (QED) is 0.843. The molecule has 2 aromatic rings. The fourth-order valence-corrected chi connectivity index (χ4v) is 3.40. The minimum absolute atomic E-state index is 0.000614. The van der Waals surface area contributed by atoms with E-state index in [0.29, 0.717) is 11.5 Å². The van der Waals surface area contributed by atoms with Crippen molar-refractivity contribution < 1.29 is 9.90 Å². The molecule has 1 amide bonds. The Balaban J connectivity index is 2.30. The van der Waals surface area contributed by atoms with Gasteiger partial charge in [-0.3, -0.25) is 14.0 Å². The highest BCUT2D eigenvalue weighted by atomic mass is 32.1. The van der Waals surface area contributed by atoms with Gasteiger partial charge >= 0.3 is 0 Å². The van der Waals surface area contributed by atoms with Gasteiger partial charge in [0, 0.05) is 28.7 Å². The van der Waals surface area contributed by atoms with Gasteiger partial charge in [-0.15, -0.1) is 11.3 Å². The summed E-state index contributed by atoms with van der Waals surface area (Å²) >= 11 is 1.43. The monoisotopic (exact) mass is 337 g/mol. The van der Waals surface area contributed by atoms with E-state index in [4.69, 9.17) is 0 Å². The number of nitrogens with one attached hydrogen (secondary N) is 1. The maximum Gasteiger partial charge on any atom is 0.271 e. The summed E-state index contributed by atoms with van der Waals surface area (Å²) in [5, 5.41) is 12.3. The number of rotatable bonds is 6. The van der Waals surface area contributed by atoms with Crippen LogP contribution in [-0.4, -0.2) is 33.6 Å². The topological polar surface area (TPSA) is 83.7 Å².